The molecule has 0 aromatic carbocycles. The Bertz CT molecular complexity index is 995. The zero-order valence-corrected chi connectivity index (χ0v) is 20.8. The third-order valence-corrected chi connectivity index (χ3v) is 7.59. The van der Waals surface area contributed by atoms with Crippen LogP contribution >= 0.6 is 0 Å². The van der Waals surface area contributed by atoms with Crippen molar-refractivity contribution in [1.29, 1.82) is 0 Å². The zero-order valence-electron chi connectivity index (χ0n) is 20.8. The van der Waals surface area contributed by atoms with Crippen molar-refractivity contribution in [1.82, 2.24) is 20.4 Å². The van der Waals surface area contributed by atoms with Crippen LogP contribution in [0, 0.1) is 17.8 Å². The van der Waals surface area contributed by atoms with E-state index in [0.29, 0.717) is 11.5 Å². The smallest absolute Gasteiger partial charge is 0.405 e. The molecular weight excluding hydrogens is 434 g/mol. The first-order chi connectivity index (χ1) is 15.9. The van der Waals surface area contributed by atoms with Crippen molar-refractivity contribution in [2.75, 3.05) is 0 Å². The van der Waals surface area contributed by atoms with Crippen LogP contribution in [0.15, 0.2) is 12.3 Å². The van der Waals surface area contributed by atoms with Gasteiger partial charge >= 0.3 is 6.09 Å². The van der Waals surface area contributed by atoms with Gasteiger partial charge in [-0.15, -0.1) is 0 Å². The monoisotopic (exact) mass is 471 g/mol. The summed E-state index contributed by atoms with van der Waals surface area (Å²) in [6.45, 7) is 9.35. The predicted molar refractivity (Wildman–Crippen MR) is 128 cm³/mol. The summed E-state index contributed by atoms with van der Waals surface area (Å²) in [6.07, 6.45) is 9.07. The third kappa shape index (κ3) is 4.83. The van der Waals surface area contributed by atoms with Crippen LogP contribution in [-0.2, 0) is 9.53 Å². The molecule has 1 aromatic heterocycles. The van der Waals surface area contributed by atoms with E-state index in [2.05, 4.69) is 15.7 Å². The molecule has 4 N–H and O–H groups in total. The van der Waals surface area contributed by atoms with E-state index in [1.807, 2.05) is 33.8 Å². The molecule has 34 heavy (non-hydrogen) atoms. The lowest BCUT2D eigenvalue weighted by Crippen LogP contribution is -2.63. The van der Waals surface area contributed by atoms with Crippen molar-refractivity contribution in [3.63, 3.8) is 0 Å². The predicted octanol–water partition coefficient (Wildman–Crippen LogP) is 3.16. The number of rotatable bonds is 7. The van der Waals surface area contributed by atoms with Crippen molar-refractivity contribution in [2.24, 2.45) is 23.5 Å². The van der Waals surface area contributed by atoms with E-state index in [4.69, 9.17) is 10.5 Å². The Morgan fingerprint density at radius 1 is 1.24 bits per heavy atom. The van der Waals surface area contributed by atoms with E-state index < -0.39 is 17.2 Å². The molecule has 0 radical (unpaired) electrons. The number of amides is 3. The zero-order chi connectivity index (χ0) is 24.8. The van der Waals surface area contributed by atoms with Gasteiger partial charge in [0.05, 0.1) is 23.0 Å². The summed E-state index contributed by atoms with van der Waals surface area (Å²) in [7, 11) is 0. The number of primary amides is 1. The second-order valence-corrected chi connectivity index (χ2v) is 11.3. The van der Waals surface area contributed by atoms with E-state index in [9.17, 15) is 14.4 Å². The molecule has 4 bridgehead atoms. The Hall–Kier alpha value is -2.84. The molecule has 2 unspecified atom stereocenters. The number of hydrogen-bond acceptors (Lipinski definition) is 5. The van der Waals surface area contributed by atoms with Crippen molar-refractivity contribution in [3.8, 4) is 0 Å². The molecule has 3 amide bonds. The molecule has 5 rings (SSSR count). The van der Waals surface area contributed by atoms with Crippen LogP contribution < -0.4 is 16.4 Å². The van der Waals surface area contributed by atoms with Crippen molar-refractivity contribution >= 4 is 24.1 Å². The molecule has 1 aromatic rings. The molecule has 0 spiro atoms. The minimum absolute atomic E-state index is 0.0613. The van der Waals surface area contributed by atoms with Gasteiger partial charge in [-0.2, -0.15) is 5.10 Å². The molecule has 1 heterocycles. The van der Waals surface area contributed by atoms with Gasteiger partial charge in [-0.25, -0.2) is 9.48 Å². The van der Waals surface area contributed by atoms with Crippen LogP contribution in [0.1, 0.15) is 88.7 Å². The highest BCUT2D eigenvalue weighted by Gasteiger charge is 2.57. The maximum absolute atomic E-state index is 13.4. The highest BCUT2D eigenvalue weighted by atomic mass is 16.6. The van der Waals surface area contributed by atoms with Crippen LogP contribution in [0.3, 0.4) is 0 Å². The maximum Gasteiger partial charge on any atom is 0.405 e. The van der Waals surface area contributed by atoms with Gasteiger partial charge in [-0.05, 0) is 75.7 Å². The van der Waals surface area contributed by atoms with E-state index in [1.165, 1.54) is 6.92 Å². The minimum atomic E-state index is -0.703. The normalized spacial score (nSPS) is 30.1. The molecule has 2 atom stereocenters. The first kappa shape index (κ1) is 24.3. The Morgan fingerprint density at radius 2 is 1.88 bits per heavy atom. The Labute approximate surface area is 200 Å². The summed E-state index contributed by atoms with van der Waals surface area (Å²) in [6, 6.07) is 0.0613. The SMILES string of the molecule is CC(=O)NC(C)(C)C=Cn1ncc(C(=O)NC2C3CC4CC2CC(OC(N)=O)(C4)C3)c1C(C)C. The Kier molecular flexibility index (Phi) is 6.25. The van der Waals surface area contributed by atoms with E-state index in [1.54, 1.807) is 17.1 Å². The fraction of sp³-hybridized carbons (Fsp3) is 0.680. The number of nitrogens with two attached hydrogens (primary N) is 1. The summed E-state index contributed by atoms with van der Waals surface area (Å²) in [5.74, 6) is 0.930. The van der Waals surface area contributed by atoms with Crippen LogP contribution in [-0.4, -0.2) is 44.9 Å². The van der Waals surface area contributed by atoms with Gasteiger partial charge in [0.2, 0.25) is 5.91 Å². The van der Waals surface area contributed by atoms with Gasteiger partial charge in [-0.3, -0.25) is 9.59 Å². The van der Waals surface area contributed by atoms with E-state index >= 15 is 0 Å². The standard InChI is InChI=1S/C25H37N5O4/c1-14(2)21-19(13-27-30(21)7-6-24(4,5)29-15(3)31)22(32)28-20-17-8-16-9-18(20)12-25(10-16,11-17)34-23(26)33/h6-7,13-14,16-18,20H,8-12H2,1-5H3,(H2,26,33)(H,28,32)(H,29,31). The molecule has 186 valence electrons. The summed E-state index contributed by atoms with van der Waals surface area (Å²) in [5.41, 5.74) is 5.75. The van der Waals surface area contributed by atoms with Gasteiger partial charge in [0.15, 0.2) is 0 Å². The second kappa shape index (κ2) is 8.74. The average molecular weight is 472 g/mol. The first-order valence-electron chi connectivity index (χ1n) is 12.2. The molecule has 4 aliphatic carbocycles. The van der Waals surface area contributed by atoms with Gasteiger partial charge in [-0.1, -0.05) is 13.8 Å². The topological polar surface area (TPSA) is 128 Å². The van der Waals surface area contributed by atoms with Crippen LogP contribution in [0.4, 0.5) is 4.79 Å². The summed E-state index contributed by atoms with van der Waals surface area (Å²) in [5, 5.41) is 10.6. The molecular formula is C25H37N5O4. The lowest BCUT2D eigenvalue weighted by molar-refractivity contribution is -0.137. The maximum atomic E-state index is 13.4. The Balaban J connectivity index is 1.51. The van der Waals surface area contributed by atoms with Crippen molar-refractivity contribution < 1.29 is 19.1 Å². The fourth-order valence-corrected chi connectivity index (χ4v) is 6.75. The molecule has 9 heteroatoms. The molecule has 9 nitrogen and oxygen atoms in total. The van der Waals surface area contributed by atoms with Gasteiger partial charge in [0.25, 0.3) is 5.91 Å². The Morgan fingerprint density at radius 3 is 2.44 bits per heavy atom. The van der Waals surface area contributed by atoms with E-state index in [-0.39, 0.29) is 35.6 Å². The summed E-state index contributed by atoms with van der Waals surface area (Å²) < 4.78 is 7.32. The lowest BCUT2D eigenvalue weighted by Gasteiger charge is -2.58. The van der Waals surface area contributed by atoms with Gasteiger partial charge in [0, 0.05) is 19.2 Å². The average Bonchev–Trinajstić information content (AvgIpc) is 3.11. The highest BCUT2D eigenvalue weighted by molar-refractivity contribution is 5.95. The van der Waals surface area contributed by atoms with Crippen LogP contribution in [0.25, 0.3) is 6.20 Å². The fourth-order valence-electron chi connectivity index (χ4n) is 6.75. The minimum Gasteiger partial charge on any atom is -0.443 e. The van der Waals surface area contributed by atoms with Crippen LogP contribution in [0.5, 0.6) is 0 Å². The van der Waals surface area contributed by atoms with Gasteiger partial charge in [0.1, 0.15) is 5.60 Å². The van der Waals surface area contributed by atoms with Crippen molar-refractivity contribution in [2.45, 2.75) is 89.8 Å². The third-order valence-electron chi connectivity index (χ3n) is 7.59. The number of nitrogens with one attached hydrogen (secondary N) is 2. The second-order valence-electron chi connectivity index (χ2n) is 11.3. The number of hydrogen-bond donors (Lipinski definition) is 3. The largest absolute Gasteiger partial charge is 0.443 e. The quantitative estimate of drug-likeness (QED) is 0.563. The molecule has 4 aliphatic rings. The summed E-state index contributed by atoms with van der Waals surface area (Å²) >= 11 is 0. The van der Waals surface area contributed by atoms with Crippen LogP contribution in [0.2, 0.25) is 0 Å². The number of carbonyl (C=O) groups is 3. The molecule has 0 aliphatic heterocycles. The number of carbonyl (C=O) groups excluding carboxylic acids is 3. The molecule has 4 saturated carbocycles. The van der Waals surface area contributed by atoms with Gasteiger partial charge < -0.3 is 21.1 Å². The number of aromatic nitrogens is 2. The van der Waals surface area contributed by atoms with Crippen molar-refractivity contribution in [3.05, 3.63) is 23.5 Å². The van der Waals surface area contributed by atoms with E-state index in [0.717, 1.165) is 37.8 Å². The summed E-state index contributed by atoms with van der Waals surface area (Å²) in [4.78, 5) is 36.4. The number of ether oxygens (including phenoxy) is 1. The lowest BCUT2D eigenvalue weighted by atomic mass is 9.52. The molecule has 0 saturated heterocycles. The highest BCUT2D eigenvalue weighted by Crippen LogP contribution is 2.57. The molecule has 4 fully saturated rings. The first-order valence-corrected chi connectivity index (χ1v) is 12.2. The number of nitrogens with zero attached hydrogens (tertiary/aromatic N) is 2.